The minimum Gasteiger partial charge on any atom is -0.394 e. The molecule has 3 N–H and O–H groups in total. The van der Waals surface area contributed by atoms with Gasteiger partial charge in [-0.15, -0.1) is 0 Å². The van der Waals surface area contributed by atoms with E-state index in [1.54, 1.807) is 0 Å². The molecule has 1 aliphatic heterocycles. The predicted octanol–water partition coefficient (Wildman–Crippen LogP) is -1.16. The Hall–Kier alpha value is -0.160. The largest absolute Gasteiger partial charge is 0.394 e. The number of hydrogen-bond donors (Lipinski definition) is 3. The van der Waals surface area contributed by atoms with Gasteiger partial charge in [-0.25, -0.2) is 0 Å². The summed E-state index contributed by atoms with van der Waals surface area (Å²) in [5.41, 5.74) is 0. The van der Waals surface area contributed by atoms with Gasteiger partial charge in [0, 0.05) is 6.42 Å². The Morgan fingerprint density at radius 1 is 1.30 bits per heavy atom. The minimum atomic E-state index is -0.819. The smallest absolute Gasteiger partial charge is 0.155 e. The first kappa shape index (κ1) is 7.94. The maximum Gasteiger partial charge on any atom is 0.155 e. The zero-order chi connectivity index (χ0) is 7.56. The summed E-state index contributed by atoms with van der Waals surface area (Å²) in [6, 6.07) is 0. The molecule has 0 aromatic heterocycles. The molecule has 3 atom stereocenters. The fourth-order valence-corrected chi connectivity index (χ4v) is 1.02. The van der Waals surface area contributed by atoms with Crippen LogP contribution in [0.3, 0.4) is 0 Å². The van der Waals surface area contributed by atoms with Crippen molar-refractivity contribution >= 4 is 0 Å². The SMILES string of the molecule is OCC1O[C@H](O)CCC1O. The van der Waals surface area contributed by atoms with E-state index < -0.39 is 18.5 Å². The van der Waals surface area contributed by atoms with Crippen LogP contribution in [0.25, 0.3) is 0 Å². The van der Waals surface area contributed by atoms with Crippen LogP contribution >= 0.6 is 0 Å². The van der Waals surface area contributed by atoms with Gasteiger partial charge in [-0.1, -0.05) is 0 Å². The lowest BCUT2D eigenvalue weighted by Gasteiger charge is -2.29. The lowest BCUT2D eigenvalue weighted by atomic mass is 10.1. The van der Waals surface area contributed by atoms with Gasteiger partial charge in [-0.2, -0.15) is 0 Å². The summed E-state index contributed by atoms with van der Waals surface area (Å²) in [6.45, 7) is -0.238. The van der Waals surface area contributed by atoms with Crippen molar-refractivity contribution in [2.75, 3.05) is 6.61 Å². The van der Waals surface area contributed by atoms with Crippen molar-refractivity contribution in [2.24, 2.45) is 0 Å². The van der Waals surface area contributed by atoms with E-state index in [1.807, 2.05) is 0 Å². The van der Waals surface area contributed by atoms with Gasteiger partial charge >= 0.3 is 0 Å². The summed E-state index contributed by atoms with van der Waals surface area (Å²) in [5, 5.41) is 26.6. The molecule has 60 valence electrons. The highest BCUT2D eigenvalue weighted by molar-refractivity contribution is 4.73. The van der Waals surface area contributed by atoms with E-state index in [1.165, 1.54) is 0 Å². The van der Waals surface area contributed by atoms with Crippen LogP contribution < -0.4 is 0 Å². The minimum absolute atomic E-state index is 0.238. The van der Waals surface area contributed by atoms with Gasteiger partial charge < -0.3 is 20.1 Å². The number of rotatable bonds is 1. The van der Waals surface area contributed by atoms with Crippen LogP contribution in [0.1, 0.15) is 12.8 Å². The van der Waals surface area contributed by atoms with E-state index >= 15 is 0 Å². The van der Waals surface area contributed by atoms with Gasteiger partial charge in [0.05, 0.1) is 12.7 Å². The van der Waals surface area contributed by atoms with Crippen LogP contribution in [0.4, 0.5) is 0 Å². The lowest BCUT2D eigenvalue weighted by molar-refractivity contribution is -0.207. The summed E-state index contributed by atoms with van der Waals surface area (Å²) >= 11 is 0. The molecule has 0 aromatic carbocycles. The van der Waals surface area contributed by atoms with E-state index in [-0.39, 0.29) is 6.61 Å². The second-order valence-corrected chi connectivity index (χ2v) is 2.46. The van der Waals surface area contributed by atoms with Gasteiger partial charge in [-0.05, 0) is 6.42 Å². The van der Waals surface area contributed by atoms with E-state index in [9.17, 15) is 0 Å². The maximum absolute atomic E-state index is 9.09. The average Bonchev–Trinajstić information content (AvgIpc) is 1.94. The Labute approximate surface area is 59.1 Å². The highest BCUT2D eigenvalue weighted by Crippen LogP contribution is 2.17. The van der Waals surface area contributed by atoms with Crippen LogP contribution in [0.5, 0.6) is 0 Å². The van der Waals surface area contributed by atoms with Crippen molar-refractivity contribution in [3.05, 3.63) is 0 Å². The molecule has 2 unspecified atom stereocenters. The van der Waals surface area contributed by atoms with Crippen LogP contribution in [-0.2, 0) is 4.74 Å². The molecule has 0 amide bonds. The zero-order valence-electron chi connectivity index (χ0n) is 5.60. The molecule has 4 nitrogen and oxygen atoms in total. The Balaban J connectivity index is 2.38. The average molecular weight is 148 g/mol. The number of ether oxygens (including phenoxy) is 1. The molecule has 1 heterocycles. The first-order valence-electron chi connectivity index (χ1n) is 3.36. The summed E-state index contributed by atoms with van der Waals surface area (Å²) in [6.07, 6.45) is -1.12. The van der Waals surface area contributed by atoms with Crippen LogP contribution in [0, 0.1) is 0 Å². The molecule has 10 heavy (non-hydrogen) atoms. The van der Waals surface area contributed by atoms with Crippen molar-refractivity contribution in [1.29, 1.82) is 0 Å². The first-order valence-corrected chi connectivity index (χ1v) is 3.36. The number of aliphatic hydroxyl groups is 3. The summed E-state index contributed by atoms with van der Waals surface area (Å²) in [4.78, 5) is 0. The quantitative estimate of drug-likeness (QED) is 0.438. The lowest BCUT2D eigenvalue weighted by Crippen LogP contribution is -2.40. The third-order valence-electron chi connectivity index (χ3n) is 1.65. The molecule has 1 rings (SSSR count). The molecule has 0 aliphatic carbocycles. The molecule has 1 fully saturated rings. The van der Waals surface area contributed by atoms with Crippen molar-refractivity contribution in [2.45, 2.75) is 31.3 Å². The Bertz CT molecular complexity index is 106. The van der Waals surface area contributed by atoms with Crippen LogP contribution in [0.2, 0.25) is 0 Å². The second kappa shape index (κ2) is 3.30. The second-order valence-electron chi connectivity index (χ2n) is 2.46. The molecule has 0 saturated carbocycles. The Kier molecular flexibility index (Phi) is 2.62. The van der Waals surface area contributed by atoms with E-state index in [4.69, 9.17) is 20.1 Å². The molecule has 1 saturated heterocycles. The zero-order valence-corrected chi connectivity index (χ0v) is 5.60. The summed E-state index contributed by atoms with van der Waals surface area (Å²) in [5.74, 6) is 0. The molecule has 1 aliphatic rings. The highest BCUT2D eigenvalue weighted by Gasteiger charge is 2.27. The summed E-state index contributed by atoms with van der Waals surface area (Å²) < 4.78 is 4.80. The highest BCUT2D eigenvalue weighted by atomic mass is 16.6. The molecule has 4 heteroatoms. The monoisotopic (exact) mass is 148 g/mol. The molecule has 0 spiro atoms. The third-order valence-corrected chi connectivity index (χ3v) is 1.65. The van der Waals surface area contributed by atoms with Crippen LogP contribution in [-0.4, -0.2) is 40.4 Å². The number of hydrogen-bond acceptors (Lipinski definition) is 4. The van der Waals surface area contributed by atoms with Gasteiger partial charge in [0.2, 0.25) is 0 Å². The third kappa shape index (κ3) is 1.67. The van der Waals surface area contributed by atoms with Crippen LogP contribution in [0.15, 0.2) is 0 Å². The Morgan fingerprint density at radius 3 is 2.50 bits per heavy atom. The van der Waals surface area contributed by atoms with Gasteiger partial charge in [0.25, 0.3) is 0 Å². The maximum atomic E-state index is 9.09. The van der Waals surface area contributed by atoms with E-state index in [0.29, 0.717) is 12.8 Å². The normalized spacial score (nSPS) is 41.7. The van der Waals surface area contributed by atoms with Crippen molar-refractivity contribution < 1.29 is 20.1 Å². The van der Waals surface area contributed by atoms with E-state index in [2.05, 4.69) is 0 Å². The van der Waals surface area contributed by atoms with Crippen molar-refractivity contribution in [1.82, 2.24) is 0 Å². The molecule has 0 radical (unpaired) electrons. The number of aliphatic hydroxyl groups excluding tert-OH is 3. The van der Waals surface area contributed by atoms with Gasteiger partial charge in [0.1, 0.15) is 6.10 Å². The fraction of sp³-hybridized carbons (Fsp3) is 1.00. The topological polar surface area (TPSA) is 69.9 Å². The first-order chi connectivity index (χ1) is 4.74. The molecule has 0 bridgehead atoms. The molecular weight excluding hydrogens is 136 g/mol. The molecule has 0 aromatic rings. The molecular formula is C6H12O4. The van der Waals surface area contributed by atoms with Gasteiger partial charge in [-0.3, -0.25) is 0 Å². The summed E-state index contributed by atoms with van der Waals surface area (Å²) in [7, 11) is 0. The standard InChI is InChI=1S/C6H12O4/c7-3-5-4(8)1-2-6(9)10-5/h4-9H,1-3H2/t4?,5?,6-/m0/s1. The predicted molar refractivity (Wildman–Crippen MR) is 33.2 cm³/mol. The van der Waals surface area contributed by atoms with Gasteiger partial charge in [0.15, 0.2) is 6.29 Å². The van der Waals surface area contributed by atoms with Crippen molar-refractivity contribution in [3.63, 3.8) is 0 Å². The van der Waals surface area contributed by atoms with Crippen molar-refractivity contribution in [3.8, 4) is 0 Å². The fourth-order valence-electron chi connectivity index (χ4n) is 1.02. The Morgan fingerprint density at radius 2 is 2.00 bits per heavy atom. The van der Waals surface area contributed by atoms with E-state index in [0.717, 1.165) is 0 Å².